The number of rotatable bonds is 15. The zero-order valence-corrected chi connectivity index (χ0v) is 23.7. The molecule has 2 aromatic rings. The standard InChI is InChI=1S/C31H43N3O6/c1-3-4-15-33(16-8-7-14-32)29(35)20-34-19-24(22-11-12-26-23(18-22)13-17-39-26)30(31(36)37)25(34)21-40-28-10-6-5-9-27(28)38-2/h5-6,9-12,18,24-25,30H,3-4,7-8,13-17,19-21,32H2,1-2H3,(H,36,37)/t24-,25+,30-/m1/s1. The van der Waals surface area contributed by atoms with Gasteiger partial charge in [-0.05, 0) is 55.1 Å². The maximum atomic E-state index is 13.6. The third kappa shape index (κ3) is 7.06. The smallest absolute Gasteiger partial charge is 0.308 e. The van der Waals surface area contributed by atoms with Crippen molar-refractivity contribution in [2.75, 3.05) is 53.0 Å². The number of aliphatic carboxylic acids is 1. The molecule has 2 aromatic carbocycles. The highest BCUT2D eigenvalue weighted by molar-refractivity contribution is 5.79. The first-order valence-corrected chi connectivity index (χ1v) is 14.4. The first-order valence-electron chi connectivity index (χ1n) is 14.4. The van der Waals surface area contributed by atoms with Crippen molar-refractivity contribution in [2.45, 2.75) is 51.0 Å². The van der Waals surface area contributed by atoms with Crippen LogP contribution >= 0.6 is 0 Å². The Morgan fingerprint density at radius 3 is 2.62 bits per heavy atom. The Labute approximate surface area is 237 Å². The van der Waals surface area contributed by atoms with Gasteiger partial charge in [-0.2, -0.15) is 0 Å². The van der Waals surface area contributed by atoms with Gasteiger partial charge in [0.2, 0.25) is 5.91 Å². The fourth-order valence-corrected chi connectivity index (χ4v) is 5.82. The van der Waals surface area contributed by atoms with Gasteiger partial charge in [0.15, 0.2) is 11.5 Å². The van der Waals surface area contributed by atoms with E-state index in [4.69, 9.17) is 19.9 Å². The summed E-state index contributed by atoms with van der Waals surface area (Å²) in [6.45, 7) is 5.40. The number of nitrogens with zero attached hydrogens (tertiary/aromatic N) is 2. The molecule has 0 unspecified atom stereocenters. The molecule has 4 rings (SSSR count). The van der Waals surface area contributed by atoms with Crippen LogP contribution in [-0.4, -0.2) is 85.9 Å². The van der Waals surface area contributed by atoms with Crippen molar-refractivity contribution in [1.82, 2.24) is 9.80 Å². The zero-order chi connectivity index (χ0) is 28.5. The van der Waals surface area contributed by atoms with Crippen LogP contribution in [0.5, 0.6) is 17.2 Å². The normalized spacial score (nSPS) is 20.1. The average molecular weight is 554 g/mol. The number of benzene rings is 2. The van der Waals surface area contributed by atoms with E-state index in [0.29, 0.717) is 44.3 Å². The van der Waals surface area contributed by atoms with E-state index in [0.717, 1.165) is 49.0 Å². The Morgan fingerprint density at radius 2 is 1.90 bits per heavy atom. The van der Waals surface area contributed by atoms with Gasteiger partial charge in [-0.1, -0.05) is 37.6 Å². The molecule has 3 N–H and O–H groups in total. The Hall–Kier alpha value is -3.30. The van der Waals surface area contributed by atoms with Crippen molar-refractivity contribution in [1.29, 1.82) is 0 Å². The highest BCUT2D eigenvalue weighted by Gasteiger charge is 2.48. The summed E-state index contributed by atoms with van der Waals surface area (Å²) in [5.74, 6) is 0.0745. The topological polar surface area (TPSA) is 115 Å². The van der Waals surface area contributed by atoms with Crippen molar-refractivity contribution in [3.05, 3.63) is 53.6 Å². The maximum absolute atomic E-state index is 13.6. The summed E-state index contributed by atoms with van der Waals surface area (Å²) in [6.07, 6.45) is 4.44. The summed E-state index contributed by atoms with van der Waals surface area (Å²) in [5, 5.41) is 10.5. The van der Waals surface area contributed by atoms with E-state index < -0.39 is 17.9 Å². The van der Waals surface area contributed by atoms with Crippen LogP contribution in [0.25, 0.3) is 0 Å². The van der Waals surface area contributed by atoms with Crippen LogP contribution in [0.3, 0.4) is 0 Å². The van der Waals surface area contributed by atoms with Crippen LogP contribution in [0.1, 0.15) is 49.7 Å². The number of hydrogen-bond donors (Lipinski definition) is 2. The summed E-state index contributed by atoms with van der Waals surface area (Å²) in [7, 11) is 1.58. The molecule has 218 valence electrons. The number of ether oxygens (including phenoxy) is 3. The lowest BCUT2D eigenvalue weighted by Crippen LogP contribution is -2.46. The van der Waals surface area contributed by atoms with Crippen LogP contribution in [-0.2, 0) is 16.0 Å². The van der Waals surface area contributed by atoms with E-state index in [1.807, 2.05) is 40.1 Å². The van der Waals surface area contributed by atoms with Crippen LogP contribution in [0, 0.1) is 5.92 Å². The van der Waals surface area contributed by atoms with Crippen LogP contribution < -0.4 is 19.9 Å². The summed E-state index contributed by atoms with van der Waals surface area (Å²) in [6, 6.07) is 12.8. The first-order chi connectivity index (χ1) is 19.5. The number of nitrogens with two attached hydrogens (primary N) is 1. The number of carbonyl (C=O) groups excluding carboxylic acids is 1. The Morgan fingerprint density at radius 1 is 1.12 bits per heavy atom. The van der Waals surface area contributed by atoms with Gasteiger partial charge in [0.25, 0.3) is 0 Å². The van der Waals surface area contributed by atoms with Crippen molar-refractivity contribution in [3.63, 3.8) is 0 Å². The van der Waals surface area contributed by atoms with Crippen molar-refractivity contribution < 1.29 is 28.9 Å². The quantitative estimate of drug-likeness (QED) is 0.322. The number of fused-ring (bicyclic) bond motifs is 1. The molecule has 1 amide bonds. The second-order valence-corrected chi connectivity index (χ2v) is 10.6. The predicted octanol–water partition coefficient (Wildman–Crippen LogP) is 3.55. The molecular formula is C31H43N3O6. The van der Waals surface area contributed by atoms with Gasteiger partial charge in [-0.15, -0.1) is 0 Å². The molecule has 1 fully saturated rings. The minimum atomic E-state index is -0.892. The van der Waals surface area contributed by atoms with Crippen molar-refractivity contribution in [3.8, 4) is 17.2 Å². The van der Waals surface area contributed by atoms with Gasteiger partial charge in [0.05, 0.1) is 32.2 Å². The molecule has 2 heterocycles. The largest absolute Gasteiger partial charge is 0.493 e. The zero-order valence-electron chi connectivity index (χ0n) is 23.7. The lowest BCUT2D eigenvalue weighted by atomic mass is 9.84. The number of para-hydroxylation sites is 2. The second kappa shape index (κ2) is 14.4. The molecule has 0 aromatic heterocycles. The number of methoxy groups -OCH3 is 1. The third-order valence-electron chi connectivity index (χ3n) is 8.01. The molecule has 0 saturated carbocycles. The molecule has 0 bridgehead atoms. The van der Waals surface area contributed by atoms with E-state index in [2.05, 4.69) is 13.0 Å². The van der Waals surface area contributed by atoms with Gasteiger partial charge in [-0.3, -0.25) is 14.5 Å². The monoisotopic (exact) mass is 553 g/mol. The van der Waals surface area contributed by atoms with Gasteiger partial charge in [0.1, 0.15) is 12.4 Å². The average Bonchev–Trinajstić information content (AvgIpc) is 3.58. The van der Waals surface area contributed by atoms with E-state index in [-0.39, 0.29) is 25.0 Å². The van der Waals surface area contributed by atoms with Crippen molar-refractivity contribution >= 4 is 11.9 Å². The number of likely N-dealkylation sites (tertiary alicyclic amines) is 1. The number of carbonyl (C=O) groups is 2. The molecule has 0 radical (unpaired) electrons. The lowest BCUT2D eigenvalue weighted by Gasteiger charge is -2.29. The van der Waals surface area contributed by atoms with Crippen LogP contribution in [0.2, 0.25) is 0 Å². The molecule has 40 heavy (non-hydrogen) atoms. The Balaban J connectivity index is 1.60. The van der Waals surface area contributed by atoms with Gasteiger partial charge in [-0.25, -0.2) is 0 Å². The number of carboxylic acids is 1. The summed E-state index contributed by atoms with van der Waals surface area (Å²) < 4.78 is 17.3. The number of unbranched alkanes of at least 4 members (excludes halogenated alkanes) is 2. The highest BCUT2D eigenvalue weighted by Crippen LogP contribution is 2.40. The summed E-state index contributed by atoms with van der Waals surface area (Å²) in [5.41, 5.74) is 7.75. The number of hydrogen-bond acceptors (Lipinski definition) is 7. The van der Waals surface area contributed by atoms with Gasteiger partial charge < -0.3 is 30.0 Å². The Bertz CT molecular complexity index is 1140. The van der Waals surface area contributed by atoms with E-state index in [1.54, 1.807) is 13.2 Å². The molecule has 3 atom stereocenters. The highest BCUT2D eigenvalue weighted by atomic mass is 16.5. The number of carboxylic acid groups (broad SMARTS) is 1. The molecule has 9 nitrogen and oxygen atoms in total. The molecule has 1 saturated heterocycles. The maximum Gasteiger partial charge on any atom is 0.308 e. The first kappa shape index (κ1) is 29.7. The van der Waals surface area contributed by atoms with Gasteiger partial charge >= 0.3 is 5.97 Å². The molecule has 0 aliphatic carbocycles. The Kier molecular flexibility index (Phi) is 10.7. The van der Waals surface area contributed by atoms with E-state index in [1.165, 1.54) is 0 Å². The fourth-order valence-electron chi connectivity index (χ4n) is 5.82. The molecule has 2 aliphatic heterocycles. The molecule has 0 spiro atoms. The molecule has 9 heteroatoms. The lowest BCUT2D eigenvalue weighted by molar-refractivity contribution is -0.144. The second-order valence-electron chi connectivity index (χ2n) is 10.6. The predicted molar refractivity (Wildman–Crippen MR) is 153 cm³/mol. The summed E-state index contributed by atoms with van der Waals surface area (Å²) >= 11 is 0. The van der Waals surface area contributed by atoms with E-state index >= 15 is 0 Å². The minimum absolute atomic E-state index is 0.0138. The number of amides is 1. The third-order valence-corrected chi connectivity index (χ3v) is 8.01. The molecule has 2 aliphatic rings. The minimum Gasteiger partial charge on any atom is -0.493 e. The van der Waals surface area contributed by atoms with Crippen molar-refractivity contribution in [2.24, 2.45) is 11.7 Å². The van der Waals surface area contributed by atoms with Gasteiger partial charge in [0, 0.05) is 32.0 Å². The van der Waals surface area contributed by atoms with Crippen LogP contribution in [0.4, 0.5) is 0 Å². The summed E-state index contributed by atoms with van der Waals surface area (Å²) in [4.78, 5) is 30.3. The fraction of sp³-hybridized carbons (Fsp3) is 0.548. The molecular weight excluding hydrogens is 510 g/mol. The van der Waals surface area contributed by atoms with E-state index in [9.17, 15) is 14.7 Å². The van der Waals surface area contributed by atoms with Crippen LogP contribution in [0.15, 0.2) is 42.5 Å². The SMILES string of the molecule is CCCCN(CCCCN)C(=O)CN1C[C@H](c2ccc3c(c2)CCO3)[C@@H](C(=O)O)[C@@H]1COc1ccccc1OC.